The molecule has 0 aromatic carbocycles. The molecule has 3 nitrogen and oxygen atoms in total. The summed E-state index contributed by atoms with van der Waals surface area (Å²) in [4.78, 5) is 11.5. The van der Waals surface area contributed by atoms with Gasteiger partial charge in [0.05, 0.1) is 6.10 Å². The quantitative estimate of drug-likeness (QED) is 0.657. The minimum absolute atomic E-state index is 0.197. The van der Waals surface area contributed by atoms with E-state index in [0.717, 1.165) is 25.9 Å². The lowest BCUT2D eigenvalue weighted by Crippen LogP contribution is -2.22. The molecule has 2 atom stereocenters. The molecule has 1 saturated heterocycles. The van der Waals surface area contributed by atoms with Gasteiger partial charge in [0, 0.05) is 19.6 Å². The Kier molecular flexibility index (Phi) is 5.12. The third kappa shape index (κ3) is 3.76. The summed E-state index contributed by atoms with van der Waals surface area (Å²) in [6, 6.07) is 0. The molecule has 1 aliphatic rings. The first kappa shape index (κ1) is 11.7. The lowest BCUT2D eigenvalue weighted by molar-refractivity contribution is -0.129. The Labute approximate surface area is 85.8 Å². The van der Waals surface area contributed by atoms with Gasteiger partial charge in [-0.3, -0.25) is 4.79 Å². The first-order chi connectivity index (χ1) is 6.74. The maximum absolute atomic E-state index is 11.5. The second-order valence-corrected chi connectivity index (χ2v) is 3.74. The third-order valence-corrected chi connectivity index (χ3v) is 2.61. The van der Waals surface area contributed by atoms with Gasteiger partial charge in [-0.15, -0.1) is 0 Å². The molecule has 0 spiro atoms. The van der Waals surface area contributed by atoms with E-state index in [1.54, 1.807) is 0 Å². The zero-order chi connectivity index (χ0) is 10.4. The van der Waals surface area contributed by atoms with Crippen LogP contribution in [0.3, 0.4) is 0 Å². The van der Waals surface area contributed by atoms with E-state index in [-0.39, 0.29) is 11.9 Å². The van der Waals surface area contributed by atoms with Crippen molar-refractivity contribution < 1.29 is 14.3 Å². The Bertz CT molecular complexity index is 173. The van der Waals surface area contributed by atoms with E-state index < -0.39 is 0 Å². The van der Waals surface area contributed by atoms with Crippen molar-refractivity contribution in [2.75, 3.05) is 13.2 Å². The maximum Gasteiger partial charge on any atom is 0.161 e. The Balaban J connectivity index is 2.13. The third-order valence-electron chi connectivity index (χ3n) is 2.61. The smallest absolute Gasteiger partial charge is 0.161 e. The summed E-state index contributed by atoms with van der Waals surface area (Å²) in [6.07, 6.45) is 3.76. The highest BCUT2D eigenvalue weighted by atomic mass is 16.5. The fourth-order valence-corrected chi connectivity index (χ4v) is 1.72. The van der Waals surface area contributed by atoms with Crippen molar-refractivity contribution in [2.45, 2.75) is 51.7 Å². The summed E-state index contributed by atoms with van der Waals surface area (Å²) in [5, 5.41) is 0. The fraction of sp³-hybridized carbons (Fsp3) is 0.909. The molecule has 0 bridgehead atoms. The first-order valence-corrected chi connectivity index (χ1v) is 5.50. The van der Waals surface area contributed by atoms with Gasteiger partial charge in [-0.25, -0.2) is 0 Å². The molecular weight excluding hydrogens is 180 g/mol. The number of hydrogen-bond donors (Lipinski definition) is 0. The van der Waals surface area contributed by atoms with Crippen LogP contribution in [-0.2, 0) is 14.3 Å². The zero-order valence-electron chi connectivity index (χ0n) is 9.12. The predicted octanol–water partition coefficient (Wildman–Crippen LogP) is 1.94. The summed E-state index contributed by atoms with van der Waals surface area (Å²) in [5.74, 6) is 0.197. The lowest BCUT2D eigenvalue weighted by Gasteiger charge is -2.12. The second kappa shape index (κ2) is 6.14. The molecule has 1 fully saturated rings. The van der Waals surface area contributed by atoms with Crippen LogP contribution in [0.25, 0.3) is 0 Å². The molecule has 3 heteroatoms. The summed E-state index contributed by atoms with van der Waals surface area (Å²) in [7, 11) is 0. The van der Waals surface area contributed by atoms with Gasteiger partial charge in [-0.05, 0) is 33.1 Å². The Morgan fingerprint density at radius 3 is 3.00 bits per heavy atom. The van der Waals surface area contributed by atoms with Crippen molar-refractivity contribution >= 4 is 5.78 Å². The van der Waals surface area contributed by atoms with Gasteiger partial charge in [0.1, 0.15) is 6.10 Å². The van der Waals surface area contributed by atoms with E-state index in [1.807, 2.05) is 13.8 Å². The van der Waals surface area contributed by atoms with Crippen LogP contribution >= 0.6 is 0 Å². The average molecular weight is 200 g/mol. The van der Waals surface area contributed by atoms with Crippen molar-refractivity contribution in [3.05, 3.63) is 0 Å². The number of ether oxygens (including phenoxy) is 2. The number of ketones is 1. The number of rotatable bonds is 6. The highest BCUT2D eigenvalue weighted by molar-refractivity contribution is 5.82. The molecule has 82 valence electrons. The molecule has 0 aliphatic carbocycles. The molecule has 0 aromatic heterocycles. The Morgan fingerprint density at radius 1 is 1.64 bits per heavy atom. The number of carbonyl (C=O) groups is 1. The van der Waals surface area contributed by atoms with Gasteiger partial charge in [0.25, 0.3) is 0 Å². The number of carbonyl (C=O) groups excluding carboxylic acids is 1. The summed E-state index contributed by atoms with van der Waals surface area (Å²) >= 11 is 0. The number of hydrogen-bond acceptors (Lipinski definition) is 3. The predicted molar refractivity (Wildman–Crippen MR) is 54.3 cm³/mol. The molecule has 1 heterocycles. The van der Waals surface area contributed by atoms with Crippen LogP contribution in [0.1, 0.15) is 39.5 Å². The molecule has 0 radical (unpaired) electrons. The van der Waals surface area contributed by atoms with Crippen LogP contribution in [0, 0.1) is 0 Å². The van der Waals surface area contributed by atoms with Crippen LogP contribution in [0.5, 0.6) is 0 Å². The van der Waals surface area contributed by atoms with E-state index in [1.165, 1.54) is 0 Å². The number of Topliss-reactive ketones (excluding diaryl/α,β-unsaturated/α-hetero) is 1. The highest BCUT2D eigenvalue weighted by Crippen LogP contribution is 2.17. The SMILES string of the molecule is CCOC(C)C(=O)CCC1CCCO1. The monoisotopic (exact) mass is 200 g/mol. The maximum atomic E-state index is 11.5. The van der Waals surface area contributed by atoms with Crippen molar-refractivity contribution in [1.82, 2.24) is 0 Å². The van der Waals surface area contributed by atoms with Gasteiger partial charge in [-0.2, -0.15) is 0 Å². The van der Waals surface area contributed by atoms with Crippen molar-refractivity contribution in [2.24, 2.45) is 0 Å². The summed E-state index contributed by atoms with van der Waals surface area (Å²) < 4.78 is 10.7. The fourth-order valence-electron chi connectivity index (χ4n) is 1.72. The topological polar surface area (TPSA) is 35.5 Å². The minimum atomic E-state index is -0.249. The molecule has 0 saturated carbocycles. The van der Waals surface area contributed by atoms with Gasteiger partial charge in [0.2, 0.25) is 0 Å². The van der Waals surface area contributed by atoms with Crippen LogP contribution in [0.2, 0.25) is 0 Å². The second-order valence-electron chi connectivity index (χ2n) is 3.74. The van der Waals surface area contributed by atoms with Gasteiger partial charge in [0.15, 0.2) is 5.78 Å². The Morgan fingerprint density at radius 2 is 2.43 bits per heavy atom. The molecule has 1 rings (SSSR count). The zero-order valence-corrected chi connectivity index (χ0v) is 9.12. The van der Waals surface area contributed by atoms with Crippen molar-refractivity contribution in [3.63, 3.8) is 0 Å². The van der Waals surface area contributed by atoms with E-state index in [4.69, 9.17) is 9.47 Å². The molecule has 14 heavy (non-hydrogen) atoms. The van der Waals surface area contributed by atoms with E-state index in [9.17, 15) is 4.79 Å². The van der Waals surface area contributed by atoms with E-state index in [2.05, 4.69) is 0 Å². The molecule has 0 N–H and O–H groups in total. The van der Waals surface area contributed by atoms with Gasteiger partial charge < -0.3 is 9.47 Å². The molecule has 2 unspecified atom stereocenters. The summed E-state index contributed by atoms with van der Waals surface area (Å²) in [5.41, 5.74) is 0. The average Bonchev–Trinajstić information content (AvgIpc) is 2.67. The van der Waals surface area contributed by atoms with Crippen LogP contribution < -0.4 is 0 Å². The Hall–Kier alpha value is -0.410. The molecule has 0 aromatic rings. The van der Waals surface area contributed by atoms with E-state index in [0.29, 0.717) is 19.1 Å². The molecular formula is C11H20O3. The highest BCUT2D eigenvalue weighted by Gasteiger charge is 2.19. The van der Waals surface area contributed by atoms with Crippen molar-refractivity contribution in [1.29, 1.82) is 0 Å². The largest absolute Gasteiger partial charge is 0.378 e. The van der Waals surface area contributed by atoms with Gasteiger partial charge >= 0.3 is 0 Å². The minimum Gasteiger partial charge on any atom is -0.378 e. The summed E-state index contributed by atoms with van der Waals surface area (Å²) in [6.45, 7) is 5.19. The lowest BCUT2D eigenvalue weighted by atomic mass is 10.1. The normalized spacial score (nSPS) is 23.7. The molecule has 0 amide bonds. The van der Waals surface area contributed by atoms with Crippen LogP contribution in [0.4, 0.5) is 0 Å². The standard InChI is InChI=1S/C11H20O3/c1-3-13-9(2)11(12)7-6-10-5-4-8-14-10/h9-10H,3-8H2,1-2H3. The van der Waals surface area contributed by atoms with Crippen LogP contribution in [-0.4, -0.2) is 31.2 Å². The van der Waals surface area contributed by atoms with Crippen molar-refractivity contribution in [3.8, 4) is 0 Å². The first-order valence-electron chi connectivity index (χ1n) is 5.50. The van der Waals surface area contributed by atoms with E-state index >= 15 is 0 Å². The molecule has 1 aliphatic heterocycles. The van der Waals surface area contributed by atoms with Crippen LogP contribution in [0.15, 0.2) is 0 Å². The van der Waals surface area contributed by atoms with Gasteiger partial charge in [-0.1, -0.05) is 0 Å².